The van der Waals surface area contributed by atoms with E-state index in [1.807, 2.05) is 6.92 Å². The Balaban J connectivity index is 2.20. The van der Waals surface area contributed by atoms with E-state index >= 15 is 0 Å². The van der Waals surface area contributed by atoms with Crippen LogP contribution in [0.4, 0.5) is 0 Å². The molecule has 1 fully saturated rings. The molecule has 1 aliphatic carbocycles. The van der Waals surface area contributed by atoms with Crippen LogP contribution in [0, 0.1) is 0 Å². The molecular formula is C18H28N2O4S. The highest BCUT2D eigenvalue weighted by molar-refractivity contribution is 7.89. The molecule has 7 heteroatoms. The van der Waals surface area contributed by atoms with Crippen LogP contribution in [0.3, 0.4) is 0 Å². The number of carbonyl (C=O) groups is 1. The van der Waals surface area contributed by atoms with E-state index in [1.54, 1.807) is 6.07 Å². The van der Waals surface area contributed by atoms with Crippen LogP contribution in [0.1, 0.15) is 62.2 Å². The number of sulfonamides is 1. The number of rotatable bonds is 7. The van der Waals surface area contributed by atoms with Crippen LogP contribution in [0.5, 0.6) is 5.75 Å². The second-order valence-electron chi connectivity index (χ2n) is 6.43. The van der Waals surface area contributed by atoms with Crippen molar-refractivity contribution in [2.45, 2.75) is 62.8 Å². The molecule has 1 aliphatic rings. The first-order chi connectivity index (χ1) is 12.0. The summed E-state index contributed by atoms with van der Waals surface area (Å²) in [4.78, 5) is 12.5. The van der Waals surface area contributed by atoms with Crippen LogP contribution in [0.25, 0.3) is 0 Å². The fourth-order valence-corrected chi connectivity index (χ4v) is 4.36. The molecule has 2 rings (SSSR count). The number of amides is 1. The molecule has 1 aromatic rings. The molecule has 140 valence electrons. The van der Waals surface area contributed by atoms with Gasteiger partial charge in [-0.3, -0.25) is 4.79 Å². The molecule has 0 bridgehead atoms. The highest BCUT2D eigenvalue weighted by Gasteiger charge is 2.22. The molecule has 1 amide bonds. The molecule has 0 aliphatic heterocycles. The van der Waals surface area contributed by atoms with Gasteiger partial charge in [-0.2, -0.15) is 0 Å². The van der Waals surface area contributed by atoms with Crippen LogP contribution < -0.4 is 14.8 Å². The van der Waals surface area contributed by atoms with Gasteiger partial charge in [0.05, 0.1) is 7.11 Å². The topological polar surface area (TPSA) is 84.5 Å². The molecule has 0 aromatic heterocycles. The van der Waals surface area contributed by atoms with Gasteiger partial charge in [0, 0.05) is 18.2 Å². The summed E-state index contributed by atoms with van der Waals surface area (Å²) in [5.41, 5.74) is 0.335. The third kappa shape index (κ3) is 5.44. The van der Waals surface area contributed by atoms with Crippen molar-refractivity contribution >= 4 is 15.9 Å². The summed E-state index contributed by atoms with van der Waals surface area (Å²) in [5, 5.41) is 3.04. The number of nitrogens with one attached hydrogen (secondary N) is 2. The minimum atomic E-state index is -3.72. The molecule has 0 unspecified atom stereocenters. The van der Waals surface area contributed by atoms with Crippen molar-refractivity contribution in [2.75, 3.05) is 13.7 Å². The molecule has 1 saturated carbocycles. The van der Waals surface area contributed by atoms with Gasteiger partial charge in [0.25, 0.3) is 5.91 Å². The lowest BCUT2D eigenvalue weighted by atomic mass is 10.1. The zero-order chi connectivity index (χ0) is 18.3. The van der Waals surface area contributed by atoms with Crippen LogP contribution in [-0.4, -0.2) is 34.0 Å². The third-order valence-electron chi connectivity index (χ3n) is 4.45. The van der Waals surface area contributed by atoms with Gasteiger partial charge in [0.15, 0.2) is 0 Å². The standard InChI is InChI=1S/C18H28N2O4S/c1-3-12-19-25(22,23)17-13-14(10-11-16(17)24-2)18(21)20-15-8-6-4-5-7-9-15/h10-11,13,15,19H,3-9,12H2,1-2H3,(H,20,21). The molecule has 1 aromatic carbocycles. The summed E-state index contributed by atoms with van der Waals surface area (Å²) in [6, 6.07) is 4.69. The fraction of sp³-hybridized carbons (Fsp3) is 0.611. The van der Waals surface area contributed by atoms with Gasteiger partial charge in [-0.25, -0.2) is 13.1 Å². The number of benzene rings is 1. The summed E-state index contributed by atoms with van der Waals surface area (Å²) < 4.78 is 32.6. The van der Waals surface area contributed by atoms with Gasteiger partial charge in [0.1, 0.15) is 10.6 Å². The number of methoxy groups -OCH3 is 1. The molecule has 0 radical (unpaired) electrons. The zero-order valence-electron chi connectivity index (χ0n) is 15.0. The van der Waals surface area contributed by atoms with Crippen LogP contribution in [0.15, 0.2) is 23.1 Å². The van der Waals surface area contributed by atoms with Crippen molar-refractivity contribution in [1.82, 2.24) is 10.0 Å². The molecule has 0 saturated heterocycles. The lowest BCUT2D eigenvalue weighted by molar-refractivity contribution is 0.0933. The average Bonchev–Trinajstić information content (AvgIpc) is 2.88. The Labute approximate surface area is 150 Å². The summed E-state index contributed by atoms with van der Waals surface area (Å²) >= 11 is 0. The summed E-state index contributed by atoms with van der Waals surface area (Å²) in [6.45, 7) is 2.22. The minimum absolute atomic E-state index is 0.00281. The van der Waals surface area contributed by atoms with E-state index in [0.29, 0.717) is 18.5 Å². The van der Waals surface area contributed by atoms with E-state index in [9.17, 15) is 13.2 Å². The van der Waals surface area contributed by atoms with E-state index in [0.717, 1.165) is 25.7 Å². The SMILES string of the molecule is CCCNS(=O)(=O)c1cc(C(=O)NC2CCCCCC2)ccc1OC. The zero-order valence-corrected chi connectivity index (χ0v) is 15.8. The Bertz CT molecular complexity index is 680. The van der Waals surface area contributed by atoms with Gasteiger partial charge in [0.2, 0.25) is 10.0 Å². The van der Waals surface area contributed by atoms with E-state index in [4.69, 9.17) is 4.74 Å². The van der Waals surface area contributed by atoms with Gasteiger partial charge in [-0.05, 0) is 37.5 Å². The maximum Gasteiger partial charge on any atom is 0.251 e. The van der Waals surface area contributed by atoms with Crippen molar-refractivity contribution in [2.24, 2.45) is 0 Å². The van der Waals surface area contributed by atoms with E-state index in [-0.39, 0.29) is 22.6 Å². The molecule has 0 spiro atoms. The lowest BCUT2D eigenvalue weighted by Gasteiger charge is -2.17. The Morgan fingerprint density at radius 3 is 2.48 bits per heavy atom. The second kappa shape index (κ2) is 9.20. The molecule has 0 atom stereocenters. The van der Waals surface area contributed by atoms with Crippen molar-refractivity contribution in [3.8, 4) is 5.75 Å². The van der Waals surface area contributed by atoms with Gasteiger partial charge >= 0.3 is 0 Å². The number of carbonyl (C=O) groups excluding carboxylic acids is 1. The van der Waals surface area contributed by atoms with E-state index in [2.05, 4.69) is 10.0 Å². The summed E-state index contributed by atoms with van der Waals surface area (Å²) in [6.07, 6.45) is 7.29. The predicted octanol–water partition coefficient (Wildman–Crippen LogP) is 2.84. The lowest BCUT2D eigenvalue weighted by Crippen LogP contribution is -2.34. The van der Waals surface area contributed by atoms with Crippen molar-refractivity contribution in [3.05, 3.63) is 23.8 Å². The first-order valence-corrected chi connectivity index (χ1v) is 10.4. The van der Waals surface area contributed by atoms with Crippen LogP contribution >= 0.6 is 0 Å². The number of hydrogen-bond donors (Lipinski definition) is 2. The van der Waals surface area contributed by atoms with Crippen molar-refractivity contribution < 1.29 is 17.9 Å². The Hall–Kier alpha value is -1.60. The summed E-state index contributed by atoms with van der Waals surface area (Å²) in [5.74, 6) is -0.00360. The second-order valence-corrected chi connectivity index (χ2v) is 8.16. The van der Waals surface area contributed by atoms with Crippen LogP contribution in [0.2, 0.25) is 0 Å². The maximum absolute atomic E-state index is 12.6. The van der Waals surface area contributed by atoms with Gasteiger partial charge in [-0.15, -0.1) is 0 Å². The first kappa shape index (κ1) is 19.7. The molecule has 25 heavy (non-hydrogen) atoms. The third-order valence-corrected chi connectivity index (χ3v) is 5.93. The Morgan fingerprint density at radius 1 is 1.20 bits per heavy atom. The maximum atomic E-state index is 12.6. The normalized spacial score (nSPS) is 16.2. The monoisotopic (exact) mass is 368 g/mol. The van der Waals surface area contributed by atoms with E-state index in [1.165, 1.54) is 32.1 Å². The first-order valence-electron chi connectivity index (χ1n) is 8.96. The summed E-state index contributed by atoms with van der Waals surface area (Å²) in [7, 11) is -2.30. The predicted molar refractivity (Wildman–Crippen MR) is 97.4 cm³/mol. The number of hydrogen-bond acceptors (Lipinski definition) is 4. The molecule has 2 N–H and O–H groups in total. The Kier molecular flexibility index (Phi) is 7.25. The molecule has 6 nitrogen and oxygen atoms in total. The fourth-order valence-electron chi connectivity index (χ4n) is 3.03. The highest BCUT2D eigenvalue weighted by atomic mass is 32.2. The van der Waals surface area contributed by atoms with E-state index < -0.39 is 10.0 Å². The minimum Gasteiger partial charge on any atom is -0.495 e. The van der Waals surface area contributed by atoms with Gasteiger partial charge in [-0.1, -0.05) is 32.6 Å². The number of ether oxygens (including phenoxy) is 1. The molecule has 0 heterocycles. The van der Waals surface area contributed by atoms with Crippen LogP contribution in [-0.2, 0) is 10.0 Å². The largest absolute Gasteiger partial charge is 0.495 e. The molecular weight excluding hydrogens is 340 g/mol. The smallest absolute Gasteiger partial charge is 0.251 e. The Morgan fingerprint density at radius 2 is 1.88 bits per heavy atom. The van der Waals surface area contributed by atoms with Gasteiger partial charge < -0.3 is 10.1 Å². The highest BCUT2D eigenvalue weighted by Crippen LogP contribution is 2.25. The van der Waals surface area contributed by atoms with Crippen molar-refractivity contribution in [3.63, 3.8) is 0 Å². The average molecular weight is 368 g/mol. The van der Waals surface area contributed by atoms with Crippen molar-refractivity contribution in [1.29, 1.82) is 0 Å². The quantitative estimate of drug-likeness (QED) is 0.725.